The summed E-state index contributed by atoms with van der Waals surface area (Å²) < 4.78 is 0. The van der Waals surface area contributed by atoms with E-state index >= 15 is 0 Å². The molecular weight excluding hydrogens is 186 g/mol. The zero-order chi connectivity index (χ0) is 10.9. The Labute approximate surface area is 81.9 Å². The molecule has 0 amide bonds. The summed E-state index contributed by atoms with van der Waals surface area (Å²) in [6.45, 7) is 1.95. The largest absolute Gasteiger partial charge is 0.481 e. The lowest BCUT2D eigenvalue weighted by molar-refractivity contribution is -0.140. The molecule has 5 nitrogen and oxygen atoms in total. The van der Waals surface area contributed by atoms with Gasteiger partial charge in [-0.2, -0.15) is 0 Å². The molecule has 1 fully saturated rings. The monoisotopic (exact) mass is 201 g/mol. The van der Waals surface area contributed by atoms with Crippen LogP contribution in [0.5, 0.6) is 0 Å². The molecule has 0 aromatic carbocycles. The molecule has 1 saturated carbocycles. The second-order valence-corrected chi connectivity index (χ2v) is 3.76. The van der Waals surface area contributed by atoms with E-state index in [1.54, 1.807) is 0 Å². The fourth-order valence-corrected chi connectivity index (χ4v) is 2.11. The van der Waals surface area contributed by atoms with Crippen LogP contribution >= 0.6 is 0 Å². The summed E-state index contributed by atoms with van der Waals surface area (Å²) in [6, 6.07) is -1.03. The Kier molecular flexibility index (Phi) is 3.10. The SMILES string of the molecule is CCC[C@H]1[C@H](C(=O)O)[C@H]1[C@H](N)C(=O)O. The summed E-state index contributed by atoms with van der Waals surface area (Å²) >= 11 is 0. The molecule has 0 bridgehead atoms. The van der Waals surface area contributed by atoms with E-state index in [2.05, 4.69) is 0 Å². The zero-order valence-electron chi connectivity index (χ0n) is 8.01. The van der Waals surface area contributed by atoms with Crippen molar-refractivity contribution < 1.29 is 19.8 Å². The predicted octanol–water partition coefficient (Wildman–Crippen LogP) is 0.145. The second-order valence-electron chi connectivity index (χ2n) is 3.76. The summed E-state index contributed by atoms with van der Waals surface area (Å²) in [4.78, 5) is 21.3. The first-order valence-electron chi connectivity index (χ1n) is 4.71. The van der Waals surface area contributed by atoms with Crippen molar-refractivity contribution in [3.05, 3.63) is 0 Å². The fourth-order valence-electron chi connectivity index (χ4n) is 2.11. The van der Waals surface area contributed by atoms with Crippen molar-refractivity contribution in [1.29, 1.82) is 0 Å². The van der Waals surface area contributed by atoms with E-state index in [1.807, 2.05) is 6.92 Å². The highest BCUT2D eigenvalue weighted by Crippen LogP contribution is 2.50. The van der Waals surface area contributed by atoms with Crippen LogP contribution in [-0.2, 0) is 9.59 Å². The number of nitrogens with two attached hydrogens (primary N) is 1. The third kappa shape index (κ3) is 1.87. The average molecular weight is 201 g/mol. The Bertz CT molecular complexity index is 253. The summed E-state index contributed by atoms with van der Waals surface area (Å²) in [7, 11) is 0. The first kappa shape index (κ1) is 11.0. The van der Waals surface area contributed by atoms with Gasteiger partial charge in [0.25, 0.3) is 0 Å². The Morgan fingerprint density at radius 1 is 1.43 bits per heavy atom. The van der Waals surface area contributed by atoms with Crippen LogP contribution in [0.4, 0.5) is 0 Å². The van der Waals surface area contributed by atoms with Crippen molar-refractivity contribution in [2.45, 2.75) is 25.8 Å². The standard InChI is InChI=1S/C9H15NO4/c1-2-3-4-5(6(4)8(11)12)7(10)9(13)14/h4-7H,2-3,10H2,1H3,(H,11,12)(H,13,14)/t4-,5+,6+,7+/m1/s1. The molecule has 1 rings (SSSR count). The van der Waals surface area contributed by atoms with Crippen LogP contribution in [0, 0.1) is 17.8 Å². The van der Waals surface area contributed by atoms with Gasteiger partial charge in [-0.15, -0.1) is 0 Å². The van der Waals surface area contributed by atoms with Gasteiger partial charge in [0, 0.05) is 5.92 Å². The number of carboxylic acid groups (broad SMARTS) is 2. The summed E-state index contributed by atoms with van der Waals surface area (Å²) in [5, 5.41) is 17.5. The first-order chi connectivity index (χ1) is 6.50. The maximum Gasteiger partial charge on any atom is 0.320 e. The molecule has 0 spiro atoms. The summed E-state index contributed by atoms with van der Waals surface area (Å²) in [5.41, 5.74) is 5.41. The number of carboxylic acids is 2. The lowest BCUT2D eigenvalue weighted by atomic mass is 10.1. The maximum atomic E-state index is 10.7. The van der Waals surface area contributed by atoms with Crippen LogP contribution in [0.2, 0.25) is 0 Å². The molecule has 0 radical (unpaired) electrons. The lowest BCUT2D eigenvalue weighted by Gasteiger charge is -2.03. The number of carbonyl (C=O) groups is 2. The van der Waals surface area contributed by atoms with Crippen molar-refractivity contribution in [3.63, 3.8) is 0 Å². The summed E-state index contributed by atoms with van der Waals surface area (Å²) in [5.74, 6) is -3.03. The van der Waals surface area contributed by atoms with Crippen LogP contribution in [0.1, 0.15) is 19.8 Å². The Balaban J connectivity index is 2.62. The minimum atomic E-state index is -1.11. The quantitative estimate of drug-likeness (QED) is 0.587. The normalized spacial score (nSPS) is 32.3. The number of rotatable bonds is 5. The fraction of sp³-hybridized carbons (Fsp3) is 0.778. The Morgan fingerprint density at radius 3 is 2.36 bits per heavy atom. The van der Waals surface area contributed by atoms with E-state index in [0.717, 1.165) is 12.8 Å². The van der Waals surface area contributed by atoms with Gasteiger partial charge in [0.2, 0.25) is 0 Å². The molecule has 0 heterocycles. The average Bonchev–Trinajstić information content (AvgIpc) is 2.78. The van der Waals surface area contributed by atoms with Gasteiger partial charge in [-0.05, 0) is 12.3 Å². The van der Waals surface area contributed by atoms with Crippen molar-refractivity contribution in [2.24, 2.45) is 23.5 Å². The van der Waals surface area contributed by atoms with E-state index in [-0.39, 0.29) is 11.8 Å². The van der Waals surface area contributed by atoms with E-state index in [4.69, 9.17) is 15.9 Å². The zero-order valence-corrected chi connectivity index (χ0v) is 8.01. The van der Waals surface area contributed by atoms with Gasteiger partial charge in [-0.3, -0.25) is 9.59 Å². The molecule has 5 heteroatoms. The molecule has 0 aliphatic heterocycles. The third-order valence-electron chi connectivity index (χ3n) is 2.84. The van der Waals surface area contributed by atoms with Crippen molar-refractivity contribution >= 4 is 11.9 Å². The van der Waals surface area contributed by atoms with E-state index < -0.39 is 23.9 Å². The highest BCUT2D eigenvalue weighted by Gasteiger charge is 2.58. The Hall–Kier alpha value is -1.10. The third-order valence-corrected chi connectivity index (χ3v) is 2.84. The molecule has 0 saturated heterocycles. The highest BCUT2D eigenvalue weighted by atomic mass is 16.4. The Morgan fingerprint density at radius 2 is 2.00 bits per heavy atom. The minimum absolute atomic E-state index is 0.0522. The van der Waals surface area contributed by atoms with Gasteiger partial charge in [-0.25, -0.2) is 0 Å². The van der Waals surface area contributed by atoms with Gasteiger partial charge >= 0.3 is 11.9 Å². The number of hydrogen-bond acceptors (Lipinski definition) is 3. The van der Waals surface area contributed by atoms with Crippen molar-refractivity contribution in [1.82, 2.24) is 0 Å². The molecule has 1 aliphatic carbocycles. The summed E-state index contributed by atoms with van der Waals surface area (Å²) in [6.07, 6.45) is 1.60. The number of aliphatic carboxylic acids is 2. The lowest BCUT2D eigenvalue weighted by Crippen LogP contribution is -2.34. The van der Waals surface area contributed by atoms with E-state index in [0.29, 0.717) is 0 Å². The van der Waals surface area contributed by atoms with Crippen LogP contribution in [0.25, 0.3) is 0 Å². The van der Waals surface area contributed by atoms with Gasteiger partial charge in [0.05, 0.1) is 5.92 Å². The highest BCUT2D eigenvalue weighted by molar-refractivity contribution is 5.80. The van der Waals surface area contributed by atoms with Gasteiger partial charge in [0.1, 0.15) is 6.04 Å². The van der Waals surface area contributed by atoms with Gasteiger partial charge in [0.15, 0.2) is 0 Å². The van der Waals surface area contributed by atoms with Crippen molar-refractivity contribution in [3.8, 4) is 0 Å². The van der Waals surface area contributed by atoms with E-state index in [1.165, 1.54) is 0 Å². The molecule has 0 aromatic rings. The maximum absolute atomic E-state index is 10.7. The molecule has 80 valence electrons. The second kappa shape index (κ2) is 3.96. The van der Waals surface area contributed by atoms with Crippen LogP contribution < -0.4 is 5.73 Å². The molecule has 0 aromatic heterocycles. The van der Waals surface area contributed by atoms with Crippen LogP contribution in [0.15, 0.2) is 0 Å². The molecule has 14 heavy (non-hydrogen) atoms. The molecule has 0 unspecified atom stereocenters. The van der Waals surface area contributed by atoms with Crippen LogP contribution in [0.3, 0.4) is 0 Å². The molecular formula is C9H15NO4. The smallest absolute Gasteiger partial charge is 0.320 e. The topological polar surface area (TPSA) is 101 Å². The van der Waals surface area contributed by atoms with Gasteiger partial charge < -0.3 is 15.9 Å². The van der Waals surface area contributed by atoms with Gasteiger partial charge in [-0.1, -0.05) is 13.3 Å². The minimum Gasteiger partial charge on any atom is -0.481 e. The first-order valence-corrected chi connectivity index (χ1v) is 4.71. The molecule has 1 aliphatic rings. The van der Waals surface area contributed by atoms with Crippen molar-refractivity contribution in [2.75, 3.05) is 0 Å². The predicted molar refractivity (Wildman–Crippen MR) is 48.6 cm³/mol. The molecule has 4 atom stereocenters. The number of hydrogen-bond donors (Lipinski definition) is 3. The van der Waals surface area contributed by atoms with E-state index in [9.17, 15) is 9.59 Å². The van der Waals surface area contributed by atoms with Crippen LogP contribution in [-0.4, -0.2) is 28.2 Å². The molecule has 4 N–H and O–H groups in total.